The van der Waals surface area contributed by atoms with Gasteiger partial charge in [-0.2, -0.15) is 0 Å². The van der Waals surface area contributed by atoms with Gasteiger partial charge in [-0.1, -0.05) is 92.2 Å². The number of likely N-dealkylation sites (N-methyl/N-ethyl adjacent to an activating group) is 2. The maximum atomic E-state index is 7.18. The van der Waals surface area contributed by atoms with Crippen molar-refractivity contribution in [3.05, 3.63) is 130 Å². The first-order chi connectivity index (χ1) is 20.6. The molecule has 2 nitrogen and oxygen atoms in total. The minimum atomic E-state index is -0.101. The van der Waals surface area contributed by atoms with Crippen molar-refractivity contribution in [2.45, 2.75) is 63.8 Å². The molecule has 3 heteroatoms. The third-order valence-corrected chi connectivity index (χ3v) is 11.0. The zero-order valence-corrected chi connectivity index (χ0v) is 27.0. The lowest BCUT2D eigenvalue weighted by atomic mass is 9.78. The molecule has 2 heterocycles. The Morgan fingerprint density at radius 1 is 0.814 bits per heavy atom. The summed E-state index contributed by atoms with van der Waals surface area (Å²) in [6.45, 7) is 9.50. The molecule has 7 rings (SSSR count). The number of nitrogens with one attached hydrogen (secondary N) is 1. The second-order valence-electron chi connectivity index (χ2n) is 13.8. The maximum absolute atomic E-state index is 7.18. The Labute approximate surface area is 261 Å². The fourth-order valence-electron chi connectivity index (χ4n) is 8.34. The van der Waals surface area contributed by atoms with Crippen LogP contribution in [0, 0.1) is 0 Å². The molecule has 2 unspecified atom stereocenters. The molecule has 43 heavy (non-hydrogen) atoms. The van der Waals surface area contributed by atoms with Gasteiger partial charge in [0.1, 0.15) is 11.7 Å². The molecule has 218 valence electrons. The predicted molar refractivity (Wildman–Crippen MR) is 185 cm³/mol. The Bertz CT molecular complexity index is 1900. The highest BCUT2D eigenvalue weighted by molar-refractivity contribution is 6.32. The van der Waals surface area contributed by atoms with Gasteiger partial charge in [-0.05, 0) is 102 Å². The van der Waals surface area contributed by atoms with Gasteiger partial charge >= 0.3 is 0 Å². The van der Waals surface area contributed by atoms with Gasteiger partial charge in [-0.3, -0.25) is 4.90 Å². The number of fused-ring (bicyclic) bond motifs is 6. The third-order valence-electron chi connectivity index (χ3n) is 10.5. The van der Waals surface area contributed by atoms with E-state index in [2.05, 4.69) is 144 Å². The molecule has 0 spiro atoms. The van der Waals surface area contributed by atoms with Gasteiger partial charge in [0.2, 0.25) is 0 Å². The van der Waals surface area contributed by atoms with Crippen LogP contribution in [0.3, 0.4) is 0 Å². The molecule has 3 aliphatic rings. The van der Waals surface area contributed by atoms with E-state index in [4.69, 9.17) is 11.6 Å². The van der Waals surface area contributed by atoms with E-state index in [1.807, 2.05) is 0 Å². The molecule has 4 aromatic rings. The highest BCUT2D eigenvalue weighted by atomic mass is 35.5. The molecule has 0 amide bonds. The molecule has 0 aromatic heterocycles. The Kier molecular flexibility index (Phi) is 6.72. The average molecular weight is 586 g/mol. The minimum Gasteiger partial charge on any atom is -0.347 e. The number of benzene rings is 4. The van der Waals surface area contributed by atoms with Crippen LogP contribution < -0.4 is 9.80 Å². The van der Waals surface area contributed by atoms with Crippen molar-refractivity contribution in [2.24, 2.45) is 0 Å². The van der Waals surface area contributed by atoms with E-state index in [0.29, 0.717) is 6.04 Å². The van der Waals surface area contributed by atoms with Crippen LogP contribution in [0.25, 0.3) is 21.5 Å². The summed E-state index contributed by atoms with van der Waals surface area (Å²) in [7, 11) is 4.51. The topological polar surface area (TPSA) is 7.68 Å². The molecule has 1 aliphatic carbocycles. The quantitative estimate of drug-likeness (QED) is 0.252. The summed E-state index contributed by atoms with van der Waals surface area (Å²) in [5, 5.41) is 6.26. The van der Waals surface area contributed by atoms with Crippen molar-refractivity contribution in [1.82, 2.24) is 0 Å². The number of quaternary nitrogens is 1. The van der Waals surface area contributed by atoms with E-state index >= 15 is 0 Å². The first-order valence-corrected chi connectivity index (χ1v) is 16.1. The van der Waals surface area contributed by atoms with Gasteiger partial charge in [-0.15, -0.1) is 0 Å². The molecule has 0 saturated carbocycles. The van der Waals surface area contributed by atoms with Crippen LogP contribution in [0.1, 0.15) is 58.1 Å². The summed E-state index contributed by atoms with van der Waals surface area (Å²) in [6, 6.07) is 27.0. The fraction of sp³-hybridized carbons (Fsp3) is 0.300. The number of allylic oxidation sites excluding steroid dienone is 7. The van der Waals surface area contributed by atoms with Crippen LogP contribution in [0.5, 0.6) is 0 Å². The van der Waals surface area contributed by atoms with Crippen LogP contribution in [0.4, 0.5) is 11.4 Å². The molecule has 2 aliphatic heterocycles. The minimum absolute atomic E-state index is 0.0133. The van der Waals surface area contributed by atoms with Gasteiger partial charge in [-0.25, -0.2) is 0 Å². The van der Waals surface area contributed by atoms with Crippen LogP contribution in [0.15, 0.2) is 119 Å². The van der Waals surface area contributed by atoms with Gasteiger partial charge in [0, 0.05) is 34.4 Å². The van der Waals surface area contributed by atoms with E-state index < -0.39 is 0 Å². The number of hydrogen-bond donors (Lipinski definition) is 1. The zero-order chi connectivity index (χ0) is 30.1. The van der Waals surface area contributed by atoms with Gasteiger partial charge in [0.25, 0.3) is 0 Å². The second-order valence-corrected chi connectivity index (χ2v) is 14.1. The summed E-state index contributed by atoms with van der Waals surface area (Å²) >= 11 is 7.18. The lowest BCUT2D eigenvalue weighted by Gasteiger charge is -2.26. The van der Waals surface area contributed by atoms with Crippen LogP contribution in [-0.2, 0) is 10.8 Å². The molecule has 0 bridgehead atoms. The van der Waals surface area contributed by atoms with E-state index in [1.165, 1.54) is 65.8 Å². The van der Waals surface area contributed by atoms with Crippen molar-refractivity contribution in [2.75, 3.05) is 19.0 Å². The highest BCUT2D eigenvalue weighted by Gasteiger charge is 2.47. The fourth-order valence-corrected chi connectivity index (χ4v) is 8.65. The van der Waals surface area contributed by atoms with Crippen LogP contribution in [0.2, 0.25) is 0 Å². The van der Waals surface area contributed by atoms with Crippen LogP contribution >= 0.6 is 11.6 Å². The number of anilines is 1. The standard InChI is InChI=1S/C40H41ClN2/c1-39(2)34(42(5)32-22-18-26-12-7-9-16-30(26)36(32)39)24-20-28-14-11-15-29(38(28)41)21-25-35-40(3,4)37-31-17-10-8-13-27(31)19-23-33(37)43(35)6/h7-10,12-13,16-25,34H,11,14-15H2,1-6H3/p+1. The smallest absolute Gasteiger partial charge is 0.136 e. The number of halogens is 1. The summed E-state index contributed by atoms with van der Waals surface area (Å²) in [6.07, 6.45) is 12.5. The van der Waals surface area contributed by atoms with E-state index in [1.54, 1.807) is 0 Å². The molecule has 0 radical (unpaired) electrons. The molecule has 1 N–H and O–H groups in total. The van der Waals surface area contributed by atoms with E-state index in [0.717, 1.165) is 24.3 Å². The van der Waals surface area contributed by atoms with Crippen molar-refractivity contribution in [3.8, 4) is 0 Å². The zero-order valence-electron chi connectivity index (χ0n) is 26.3. The lowest BCUT2D eigenvalue weighted by molar-refractivity contribution is -0.828. The molecular weight excluding hydrogens is 544 g/mol. The van der Waals surface area contributed by atoms with Crippen LogP contribution in [-0.4, -0.2) is 20.1 Å². The molecule has 0 fully saturated rings. The van der Waals surface area contributed by atoms with Crippen molar-refractivity contribution >= 4 is 44.5 Å². The summed E-state index contributed by atoms with van der Waals surface area (Å²) in [5.41, 5.74) is 9.31. The molecule has 4 aromatic carbocycles. The first-order valence-electron chi connectivity index (χ1n) is 15.7. The highest BCUT2D eigenvalue weighted by Crippen LogP contribution is 2.50. The van der Waals surface area contributed by atoms with Crippen molar-refractivity contribution in [1.29, 1.82) is 0 Å². The Balaban J connectivity index is 1.20. The van der Waals surface area contributed by atoms with Gasteiger partial charge in [0.15, 0.2) is 0 Å². The van der Waals surface area contributed by atoms with Gasteiger partial charge < -0.3 is 4.90 Å². The summed E-state index contributed by atoms with van der Waals surface area (Å²) in [5.74, 6) is 0. The Morgan fingerprint density at radius 2 is 1.47 bits per heavy atom. The molecule has 2 atom stereocenters. The van der Waals surface area contributed by atoms with Crippen molar-refractivity contribution in [3.63, 3.8) is 0 Å². The normalized spacial score (nSPS) is 24.6. The second kappa shape index (κ2) is 10.3. The lowest BCUT2D eigenvalue weighted by Crippen LogP contribution is -3.07. The third kappa shape index (κ3) is 4.33. The summed E-state index contributed by atoms with van der Waals surface area (Å²) in [4.78, 5) is 3.82. The first kappa shape index (κ1) is 28.2. The van der Waals surface area contributed by atoms with E-state index in [-0.39, 0.29) is 10.8 Å². The SMILES string of the molecule is CN1C(=CC=C2CCCC(C=CC3[NH+](C)c4ccc5ccccc5c4C3(C)C)=C2Cl)C(C)(C)c2c1ccc1ccccc21. The monoisotopic (exact) mass is 585 g/mol. The number of nitrogens with zero attached hydrogens (tertiary/aromatic N) is 1. The Morgan fingerprint density at radius 3 is 2.19 bits per heavy atom. The largest absolute Gasteiger partial charge is 0.347 e. The predicted octanol–water partition coefficient (Wildman–Crippen LogP) is 9.27. The van der Waals surface area contributed by atoms with E-state index in [9.17, 15) is 0 Å². The number of hydrogen-bond acceptors (Lipinski definition) is 1. The average Bonchev–Trinajstić information content (AvgIpc) is 3.33. The Hall–Kier alpha value is -3.59. The summed E-state index contributed by atoms with van der Waals surface area (Å²) < 4.78 is 0. The number of rotatable bonds is 3. The molecule has 0 saturated heterocycles. The molecular formula is C40H42ClN2+. The van der Waals surface area contributed by atoms with Crippen molar-refractivity contribution < 1.29 is 4.90 Å². The maximum Gasteiger partial charge on any atom is 0.136 e. The van der Waals surface area contributed by atoms with Gasteiger partial charge in [0.05, 0.1) is 12.5 Å².